The van der Waals surface area contributed by atoms with Crippen LogP contribution in [0.3, 0.4) is 0 Å². The fourth-order valence-electron chi connectivity index (χ4n) is 2.65. The molecule has 1 N–H and O–H groups in total. The van der Waals surface area contributed by atoms with Gasteiger partial charge in [-0.2, -0.15) is 0 Å². The molecule has 0 aliphatic carbocycles. The minimum atomic E-state index is -0.951. The molecule has 128 valence electrons. The zero-order chi connectivity index (χ0) is 17.5. The topological polar surface area (TPSA) is 76.2 Å². The van der Waals surface area contributed by atoms with E-state index in [-0.39, 0.29) is 5.56 Å². The highest BCUT2D eigenvalue weighted by Gasteiger charge is 2.09. The van der Waals surface area contributed by atoms with Crippen molar-refractivity contribution in [2.24, 2.45) is 0 Å². The van der Waals surface area contributed by atoms with Crippen molar-refractivity contribution in [1.82, 2.24) is 10.2 Å². The first-order valence-corrected chi connectivity index (χ1v) is 8.42. The Labute approximate surface area is 146 Å². The van der Waals surface area contributed by atoms with E-state index in [9.17, 15) is 4.79 Å². The molecule has 5 nitrogen and oxygen atoms in total. The second-order valence-electron chi connectivity index (χ2n) is 5.93. The van der Waals surface area contributed by atoms with Crippen LogP contribution in [0.5, 0.6) is 0 Å². The zero-order valence-electron chi connectivity index (χ0n) is 13.9. The quantitative estimate of drug-likeness (QED) is 0.617. The molecule has 25 heavy (non-hydrogen) atoms. The van der Waals surface area contributed by atoms with Gasteiger partial charge in [-0.1, -0.05) is 36.8 Å². The highest BCUT2D eigenvalue weighted by atomic mass is 16.4. The van der Waals surface area contributed by atoms with Gasteiger partial charge in [-0.15, -0.1) is 10.2 Å². The number of aromatic carboxylic acids is 1. The first-order valence-electron chi connectivity index (χ1n) is 8.42. The van der Waals surface area contributed by atoms with E-state index in [1.54, 1.807) is 12.1 Å². The largest absolute Gasteiger partial charge is 0.478 e. The maximum absolute atomic E-state index is 10.9. The lowest BCUT2D eigenvalue weighted by atomic mass is 10.1. The van der Waals surface area contributed by atoms with Crippen molar-refractivity contribution >= 4 is 5.97 Å². The third kappa shape index (κ3) is 4.76. The van der Waals surface area contributed by atoms with Crippen LogP contribution in [0.4, 0.5) is 0 Å². The van der Waals surface area contributed by atoms with E-state index < -0.39 is 5.97 Å². The molecular weight excluding hydrogens is 316 g/mol. The molecule has 0 unspecified atom stereocenters. The van der Waals surface area contributed by atoms with Crippen LogP contribution in [0.2, 0.25) is 0 Å². The van der Waals surface area contributed by atoms with Crippen LogP contribution < -0.4 is 0 Å². The van der Waals surface area contributed by atoms with Crippen molar-refractivity contribution in [1.29, 1.82) is 0 Å². The van der Waals surface area contributed by atoms with Crippen molar-refractivity contribution in [3.05, 3.63) is 71.6 Å². The van der Waals surface area contributed by atoms with Crippen LogP contribution in [-0.2, 0) is 12.8 Å². The van der Waals surface area contributed by atoms with Gasteiger partial charge in [-0.3, -0.25) is 0 Å². The predicted molar refractivity (Wildman–Crippen MR) is 94.4 cm³/mol. The molecule has 1 heterocycles. The Balaban J connectivity index is 1.46. The second kappa shape index (κ2) is 8.24. The summed E-state index contributed by atoms with van der Waals surface area (Å²) < 4.78 is 5.67. The van der Waals surface area contributed by atoms with E-state index in [0.717, 1.165) is 37.7 Å². The molecular formula is C20H20N2O3. The van der Waals surface area contributed by atoms with E-state index in [1.807, 2.05) is 6.07 Å². The Morgan fingerprint density at radius 3 is 2.32 bits per heavy atom. The smallest absolute Gasteiger partial charge is 0.335 e. The molecule has 0 saturated carbocycles. The molecule has 5 heteroatoms. The van der Waals surface area contributed by atoms with Crippen molar-refractivity contribution in [3.8, 4) is 11.5 Å². The number of nitrogens with zero attached hydrogens (tertiary/aromatic N) is 2. The summed E-state index contributed by atoms with van der Waals surface area (Å²) >= 11 is 0. The average molecular weight is 336 g/mol. The Hall–Kier alpha value is -2.95. The van der Waals surface area contributed by atoms with Gasteiger partial charge in [-0.05, 0) is 49.1 Å². The van der Waals surface area contributed by atoms with E-state index >= 15 is 0 Å². The zero-order valence-corrected chi connectivity index (χ0v) is 13.9. The SMILES string of the molecule is O=C(O)c1ccc(-c2nnc(CCCCCc3ccccc3)o2)cc1. The number of benzene rings is 2. The fourth-order valence-corrected chi connectivity index (χ4v) is 2.65. The minimum absolute atomic E-state index is 0.238. The van der Waals surface area contributed by atoms with Crippen LogP contribution >= 0.6 is 0 Å². The molecule has 3 rings (SSSR count). The minimum Gasteiger partial charge on any atom is -0.478 e. The van der Waals surface area contributed by atoms with E-state index in [0.29, 0.717) is 11.8 Å². The lowest BCUT2D eigenvalue weighted by Gasteiger charge is -2.00. The number of carbonyl (C=O) groups is 1. The van der Waals surface area contributed by atoms with E-state index in [1.165, 1.54) is 17.7 Å². The van der Waals surface area contributed by atoms with Crippen molar-refractivity contribution < 1.29 is 14.3 Å². The molecule has 0 aliphatic heterocycles. The lowest BCUT2D eigenvalue weighted by molar-refractivity contribution is 0.0697. The maximum Gasteiger partial charge on any atom is 0.335 e. The molecule has 0 aliphatic rings. The monoisotopic (exact) mass is 336 g/mol. The second-order valence-corrected chi connectivity index (χ2v) is 5.93. The maximum atomic E-state index is 10.9. The van der Waals surface area contributed by atoms with Crippen LogP contribution in [0.15, 0.2) is 59.0 Å². The van der Waals surface area contributed by atoms with Gasteiger partial charge >= 0.3 is 5.97 Å². The lowest BCUT2D eigenvalue weighted by Crippen LogP contribution is -1.94. The van der Waals surface area contributed by atoms with Gasteiger partial charge < -0.3 is 9.52 Å². The van der Waals surface area contributed by atoms with Crippen molar-refractivity contribution in [2.45, 2.75) is 32.1 Å². The van der Waals surface area contributed by atoms with Gasteiger partial charge in [0.25, 0.3) is 0 Å². The first-order chi connectivity index (χ1) is 12.2. The summed E-state index contributed by atoms with van der Waals surface area (Å²) in [5, 5.41) is 17.0. The average Bonchev–Trinajstić information content (AvgIpc) is 3.11. The summed E-state index contributed by atoms with van der Waals surface area (Å²) in [6, 6.07) is 16.9. The Morgan fingerprint density at radius 2 is 1.60 bits per heavy atom. The number of aryl methyl sites for hydroxylation is 2. The summed E-state index contributed by atoms with van der Waals surface area (Å²) in [5.74, 6) is 0.0986. The van der Waals surface area contributed by atoms with Crippen LogP contribution in [0.1, 0.15) is 41.1 Å². The summed E-state index contributed by atoms with van der Waals surface area (Å²) in [4.78, 5) is 10.9. The summed E-state index contributed by atoms with van der Waals surface area (Å²) in [6.45, 7) is 0. The molecule has 0 fully saturated rings. The number of rotatable bonds is 8. The van der Waals surface area contributed by atoms with Gasteiger partial charge in [0.15, 0.2) is 0 Å². The van der Waals surface area contributed by atoms with Gasteiger partial charge in [0, 0.05) is 12.0 Å². The molecule has 0 saturated heterocycles. The standard InChI is InChI=1S/C20H20N2O3/c23-20(24)17-13-11-16(12-14-17)19-22-21-18(25-19)10-6-2-5-9-15-7-3-1-4-8-15/h1,3-4,7-8,11-14H,2,5-6,9-10H2,(H,23,24). The molecule has 0 atom stereocenters. The Kier molecular flexibility index (Phi) is 5.57. The van der Waals surface area contributed by atoms with Crippen LogP contribution in [-0.4, -0.2) is 21.3 Å². The molecule has 0 radical (unpaired) electrons. The van der Waals surface area contributed by atoms with Gasteiger partial charge in [-0.25, -0.2) is 4.79 Å². The Bertz CT molecular complexity index is 810. The number of unbranched alkanes of at least 4 members (excludes halogenated alkanes) is 2. The molecule has 3 aromatic rings. The predicted octanol–water partition coefficient (Wildman–Crippen LogP) is 4.39. The van der Waals surface area contributed by atoms with Crippen molar-refractivity contribution in [3.63, 3.8) is 0 Å². The number of hydrogen-bond donors (Lipinski definition) is 1. The van der Waals surface area contributed by atoms with Crippen LogP contribution in [0.25, 0.3) is 11.5 Å². The summed E-state index contributed by atoms with van der Waals surface area (Å²) in [7, 11) is 0. The summed E-state index contributed by atoms with van der Waals surface area (Å²) in [5.41, 5.74) is 2.34. The van der Waals surface area contributed by atoms with E-state index in [2.05, 4.69) is 34.5 Å². The molecule has 1 aromatic heterocycles. The van der Waals surface area contributed by atoms with Gasteiger partial charge in [0.05, 0.1) is 5.56 Å². The van der Waals surface area contributed by atoms with Gasteiger partial charge in [0.1, 0.15) is 0 Å². The molecule has 2 aromatic carbocycles. The Morgan fingerprint density at radius 1 is 0.880 bits per heavy atom. The normalized spacial score (nSPS) is 10.7. The molecule has 0 amide bonds. The van der Waals surface area contributed by atoms with Crippen LogP contribution in [0, 0.1) is 0 Å². The summed E-state index contributed by atoms with van der Waals surface area (Å²) in [6.07, 6.45) is 5.11. The number of carboxylic acids is 1. The number of hydrogen-bond acceptors (Lipinski definition) is 4. The number of aromatic nitrogens is 2. The third-order valence-electron chi connectivity index (χ3n) is 4.04. The van der Waals surface area contributed by atoms with Crippen molar-refractivity contribution in [2.75, 3.05) is 0 Å². The molecule has 0 bridgehead atoms. The molecule has 0 spiro atoms. The van der Waals surface area contributed by atoms with E-state index in [4.69, 9.17) is 9.52 Å². The fraction of sp³-hybridized carbons (Fsp3) is 0.250. The first kappa shape index (κ1) is 16.9. The number of carboxylic acid groups (broad SMARTS) is 1. The van der Waals surface area contributed by atoms with Gasteiger partial charge in [0.2, 0.25) is 11.8 Å². The third-order valence-corrected chi connectivity index (χ3v) is 4.04. The highest BCUT2D eigenvalue weighted by Crippen LogP contribution is 2.19. The highest BCUT2D eigenvalue weighted by molar-refractivity contribution is 5.88.